The van der Waals surface area contributed by atoms with Gasteiger partial charge >= 0.3 is 0 Å². The second-order valence-corrected chi connectivity index (χ2v) is 9.03. The lowest BCUT2D eigenvalue weighted by Gasteiger charge is -2.32. The van der Waals surface area contributed by atoms with Crippen molar-refractivity contribution >= 4 is 11.6 Å². The number of carbonyl (C=O) groups is 1. The van der Waals surface area contributed by atoms with Gasteiger partial charge in [-0.05, 0) is 36.5 Å². The molecular weight excluding hydrogens is 376 g/mol. The van der Waals surface area contributed by atoms with Gasteiger partial charge in [-0.3, -0.25) is 14.6 Å². The van der Waals surface area contributed by atoms with Crippen LogP contribution in [0.2, 0.25) is 0 Å². The molecule has 2 aromatic carbocycles. The van der Waals surface area contributed by atoms with Gasteiger partial charge in [0, 0.05) is 18.7 Å². The maximum Gasteiger partial charge on any atom is 0.293 e. The largest absolute Gasteiger partial charge is 0.332 e. The van der Waals surface area contributed by atoms with Crippen LogP contribution in [0.15, 0.2) is 48.5 Å². The van der Waals surface area contributed by atoms with E-state index in [-0.39, 0.29) is 18.1 Å². The number of nitrogens with zero attached hydrogens (tertiary/aromatic N) is 2. The van der Waals surface area contributed by atoms with Crippen LogP contribution in [-0.4, -0.2) is 36.2 Å². The van der Waals surface area contributed by atoms with Crippen molar-refractivity contribution in [1.82, 2.24) is 4.90 Å². The van der Waals surface area contributed by atoms with E-state index in [9.17, 15) is 4.79 Å². The molecule has 0 aromatic heterocycles. The Morgan fingerprint density at radius 2 is 1.60 bits per heavy atom. The Kier molecular flexibility index (Phi) is 4.44. The van der Waals surface area contributed by atoms with E-state index in [1.807, 2.05) is 29.2 Å². The van der Waals surface area contributed by atoms with Crippen molar-refractivity contribution in [3.8, 4) is 0 Å². The first-order valence-corrected chi connectivity index (χ1v) is 11.3. The Morgan fingerprint density at radius 3 is 2.40 bits per heavy atom. The average molecular weight is 405 g/mol. The highest BCUT2D eigenvalue weighted by atomic mass is 16.8. The first-order valence-electron chi connectivity index (χ1n) is 11.3. The van der Waals surface area contributed by atoms with E-state index in [0.29, 0.717) is 6.67 Å². The summed E-state index contributed by atoms with van der Waals surface area (Å²) < 4.78 is 13.0. The summed E-state index contributed by atoms with van der Waals surface area (Å²) in [6.45, 7) is 2.37. The lowest BCUT2D eigenvalue weighted by molar-refractivity contribution is -0.191. The fourth-order valence-corrected chi connectivity index (χ4v) is 5.60. The lowest BCUT2D eigenvalue weighted by atomic mass is 10.0. The summed E-state index contributed by atoms with van der Waals surface area (Å²) in [4.78, 5) is 18.0. The van der Waals surface area contributed by atoms with Crippen LogP contribution in [0, 0.1) is 0 Å². The molecule has 0 bridgehead atoms. The molecule has 1 aliphatic carbocycles. The number of fused-ring (bicyclic) bond motifs is 4. The molecule has 30 heavy (non-hydrogen) atoms. The molecule has 0 N–H and O–H groups in total. The molecule has 3 aliphatic heterocycles. The predicted octanol–water partition coefficient (Wildman–Crippen LogP) is 3.95. The highest BCUT2D eigenvalue weighted by molar-refractivity contribution is 6.06. The standard InChI is InChI=1S/C25H28N2O3/c28-24-25(29-22-12-2-1-3-13-23(22)30-25)20-10-6-7-11-21(20)27(24)17-26-15-14-18-8-4-5-9-19(18)16-26/h4-11,22-23H,1-3,12-17H2. The van der Waals surface area contributed by atoms with Gasteiger partial charge < -0.3 is 9.47 Å². The summed E-state index contributed by atoms with van der Waals surface area (Å²) >= 11 is 0. The molecule has 2 fully saturated rings. The SMILES string of the molecule is O=C1N(CN2CCc3ccccc3C2)c2ccccc2C12OC1CCCCCC1O2. The predicted molar refractivity (Wildman–Crippen MR) is 114 cm³/mol. The van der Waals surface area contributed by atoms with E-state index >= 15 is 0 Å². The van der Waals surface area contributed by atoms with E-state index < -0.39 is 5.79 Å². The van der Waals surface area contributed by atoms with Gasteiger partial charge in [0.15, 0.2) is 0 Å². The van der Waals surface area contributed by atoms with Gasteiger partial charge in [0.1, 0.15) is 0 Å². The topological polar surface area (TPSA) is 42.0 Å². The number of rotatable bonds is 2. The third kappa shape index (κ3) is 2.83. The van der Waals surface area contributed by atoms with Gasteiger partial charge in [0.25, 0.3) is 11.7 Å². The van der Waals surface area contributed by atoms with E-state index in [4.69, 9.17) is 9.47 Å². The van der Waals surface area contributed by atoms with Crippen LogP contribution in [0.4, 0.5) is 5.69 Å². The van der Waals surface area contributed by atoms with Crippen molar-refractivity contribution in [3.63, 3.8) is 0 Å². The monoisotopic (exact) mass is 404 g/mol. The summed E-state index contributed by atoms with van der Waals surface area (Å²) in [5.74, 6) is -1.31. The van der Waals surface area contributed by atoms with Gasteiger partial charge in [-0.15, -0.1) is 0 Å². The van der Waals surface area contributed by atoms with E-state index in [2.05, 4.69) is 29.2 Å². The molecular formula is C25H28N2O3. The molecule has 2 atom stereocenters. The van der Waals surface area contributed by atoms with E-state index in [0.717, 1.165) is 56.4 Å². The molecule has 0 radical (unpaired) electrons. The number of para-hydroxylation sites is 1. The van der Waals surface area contributed by atoms with Crippen molar-refractivity contribution in [2.24, 2.45) is 0 Å². The Hall–Kier alpha value is -2.21. The van der Waals surface area contributed by atoms with Gasteiger partial charge in [0.2, 0.25) is 0 Å². The molecule has 1 saturated carbocycles. The molecule has 5 heteroatoms. The molecule has 4 aliphatic rings. The smallest absolute Gasteiger partial charge is 0.293 e. The van der Waals surface area contributed by atoms with E-state index in [1.54, 1.807) is 0 Å². The lowest BCUT2D eigenvalue weighted by Crippen LogP contribution is -2.47. The molecule has 1 spiro atoms. The van der Waals surface area contributed by atoms with Gasteiger partial charge in [-0.2, -0.15) is 0 Å². The summed E-state index contributed by atoms with van der Waals surface area (Å²) in [7, 11) is 0. The van der Waals surface area contributed by atoms with Gasteiger partial charge in [0.05, 0.1) is 24.6 Å². The number of anilines is 1. The fraction of sp³-hybridized carbons (Fsp3) is 0.480. The van der Waals surface area contributed by atoms with Crippen molar-refractivity contribution in [2.75, 3.05) is 18.1 Å². The zero-order valence-electron chi connectivity index (χ0n) is 17.3. The highest BCUT2D eigenvalue weighted by Crippen LogP contribution is 2.50. The Labute approximate surface area is 177 Å². The Morgan fingerprint density at radius 1 is 0.900 bits per heavy atom. The normalized spacial score (nSPS) is 30.8. The zero-order chi connectivity index (χ0) is 20.1. The summed E-state index contributed by atoms with van der Waals surface area (Å²) in [5.41, 5.74) is 4.58. The Balaban J connectivity index is 1.29. The van der Waals surface area contributed by atoms with Crippen LogP contribution in [0.3, 0.4) is 0 Å². The van der Waals surface area contributed by atoms with Crippen LogP contribution in [-0.2, 0) is 33.0 Å². The first-order chi connectivity index (χ1) is 14.7. The number of carbonyl (C=O) groups excluding carboxylic acids is 1. The summed E-state index contributed by atoms with van der Waals surface area (Å²) in [6, 6.07) is 16.6. The highest BCUT2D eigenvalue weighted by Gasteiger charge is 2.61. The van der Waals surface area contributed by atoms with Gasteiger partial charge in [-0.1, -0.05) is 61.7 Å². The quantitative estimate of drug-likeness (QED) is 0.760. The van der Waals surface area contributed by atoms with Crippen LogP contribution in [0.1, 0.15) is 48.8 Å². The molecule has 1 saturated heterocycles. The second-order valence-electron chi connectivity index (χ2n) is 9.03. The molecule has 6 rings (SSSR count). The number of hydrogen-bond donors (Lipinski definition) is 0. The third-order valence-corrected chi connectivity index (χ3v) is 7.15. The average Bonchev–Trinajstić information content (AvgIpc) is 3.15. The molecule has 5 nitrogen and oxygen atoms in total. The second kappa shape index (κ2) is 7.19. The third-order valence-electron chi connectivity index (χ3n) is 7.15. The number of ether oxygens (including phenoxy) is 2. The minimum absolute atomic E-state index is 0.0197. The molecule has 1 amide bonds. The van der Waals surface area contributed by atoms with Gasteiger partial charge in [-0.25, -0.2) is 0 Å². The maximum absolute atomic E-state index is 13.8. The number of benzene rings is 2. The van der Waals surface area contributed by atoms with Crippen LogP contribution >= 0.6 is 0 Å². The molecule has 3 heterocycles. The van der Waals surface area contributed by atoms with E-state index in [1.165, 1.54) is 17.5 Å². The van der Waals surface area contributed by atoms with Crippen LogP contribution < -0.4 is 4.90 Å². The Bertz CT molecular complexity index is 960. The zero-order valence-corrected chi connectivity index (χ0v) is 17.3. The van der Waals surface area contributed by atoms with Crippen molar-refractivity contribution in [1.29, 1.82) is 0 Å². The minimum Gasteiger partial charge on any atom is -0.332 e. The minimum atomic E-state index is -1.25. The molecule has 2 unspecified atom stereocenters. The number of amides is 1. The summed E-state index contributed by atoms with van der Waals surface area (Å²) in [6.07, 6.45) is 6.52. The van der Waals surface area contributed by atoms with Crippen LogP contribution in [0.5, 0.6) is 0 Å². The van der Waals surface area contributed by atoms with Crippen molar-refractivity contribution in [2.45, 2.75) is 63.1 Å². The summed E-state index contributed by atoms with van der Waals surface area (Å²) in [5, 5.41) is 0. The first kappa shape index (κ1) is 18.6. The fourth-order valence-electron chi connectivity index (χ4n) is 5.60. The molecule has 156 valence electrons. The van der Waals surface area contributed by atoms with Crippen LogP contribution in [0.25, 0.3) is 0 Å². The maximum atomic E-state index is 13.8. The number of hydrogen-bond acceptors (Lipinski definition) is 4. The van der Waals surface area contributed by atoms with Crippen molar-refractivity contribution < 1.29 is 14.3 Å². The van der Waals surface area contributed by atoms with Crippen molar-refractivity contribution in [3.05, 3.63) is 65.2 Å². The molecule has 2 aromatic rings.